The van der Waals surface area contributed by atoms with Crippen LogP contribution in [0.1, 0.15) is 22.5 Å². The van der Waals surface area contributed by atoms with E-state index in [4.69, 9.17) is 0 Å². The number of aryl methyl sites for hydroxylation is 3. The highest BCUT2D eigenvalue weighted by Crippen LogP contribution is 2.14. The molecule has 0 aliphatic carbocycles. The standard InChI is InChI=1S/C17H24N4O/c1-12-7-6-8-15(9-12)18-17(22)11-20(4)10-16-13(2)19-21(5)14(16)3/h6-9H,10-11H2,1-5H3,(H,18,22). The van der Waals surface area contributed by atoms with Crippen LogP contribution < -0.4 is 5.32 Å². The van der Waals surface area contributed by atoms with Crippen molar-refractivity contribution in [3.8, 4) is 0 Å². The van der Waals surface area contributed by atoms with Gasteiger partial charge in [-0.15, -0.1) is 0 Å². The normalized spacial score (nSPS) is 11.0. The summed E-state index contributed by atoms with van der Waals surface area (Å²) in [5.74, 6) is -0.00713. The number of carbonyl (C=O) groups excluding carboxylic acids is 1. The van der Waals surface area contributed by atoms with Crippen molar-refractivity contribution < 1.29 is 4.79 Å². The lowest BCUT2D eigenvalue weighted by Gasteiger charge is -2.16. The van der Waals surface area contributed by atoms with Gasteiger partial charge in [-0.25, -0.2) is 0 Å². The molecule has 1 heterocycles. The van der Waals surface area contributed by atoms with Gasteiger partial charge in [0.1, 0.15) is 0 Å². The number of hydrogen-bond donors (Lipinski definition) is 1. The number of anilines is 1. The number of nitrogens with zero attached hydrogens (tertiary/aromatic N) is 3. The van der Waals surface area contributed by atoms with Gasteiger partial charge in [0.2, 0.25) is 5.91 Å². The molecule has 118 valence electrons. The van der Waals surface area contributed by atoms with Gasteiger partial charge in [0.25, 0.3) is 0 Å². The number of amides is 1. The van der Waals surface area contributed by atoms with Gasteiger partial charge in [0, 0.05) is 30.5 Å². The Morgan fingerprint density at radius 1 is 1.32 bits per heavy atom. The Bertz CT molecular complexity index is 675. The summed E-state index contributed by atoms with van der Waals surface area (Å²) in [6.07, 6.45) is 0. The van der Waals surface area contributed by atoms with Crippen LogP contribution in [0.15, 0.2) is 24.3 Å². The van der Waals surface area contributed by atoms with Gasteiger partial charge in [0.05, 0.1) is 12.2 Å². The molecule has 1 aromatic carbocycles. The third-order valence-corrected chi connectivity index (χ3v) is 3.80. The van der Waals surface area contributed by atoms with E-state index in [1.807, 2.05) is 61.8 Å². The highest BCUT2D eigenvalue weighted by molar-refractivity contribution is 5.92. The van der Waals surface area contributed by atoms with E-state index in [2.05, 4.69) is 17.3 Å². The molecule has 0 aliphatic rings. The fraction of sp³-hybridized carbons (Fsp3) is 0.412. The van der Waals surface area contributed by atoms with E-state index in [0.717, 1.165) is 22.6 Å². The van der Waals surface area contributed by atoms with Gasteiger partial charge in [0.15, 0.2) is 0 Å². The summed E-state index contributed by atoms with van der Waals surface area (Å²) in [7, 11) is 3.89. The number of rotatable bonds is 5. The minimum atomic E-state index is -0.00713. The first-order chi connectivity index (χ1) is 10.4. The van der Waals surface area contributed by atoms with E-state index in [-0.39, 0.29) is 5.91 Å². The molecule has 0 fully saturated rings. The third-order valence-electron chi connectivity index (χ3n) is 3.80. The molecule has 0 saturated carbocycles. The van der Waals surface area contributed by atoms with Gasteiger partial charge < -0.3 is 5.32 Å². The maximum Gasteiger partial charge on any atom is 0.238 e. The first-order valence-corrected chi connectivity index (χ1v) is 7.41. The Morgan fingerprint density at radius 2 is 2.05 bits per heavy atom. The summed E-state index contributed by atoms with van der Waals surface area (Å²) in [6, 6.07) is 7.82. The second kappa shape index (κ2) is 6.75. The molecule has 1 N–H and O–H groups in total. The van der Waals surface area contributed by atoms with Crippen molar-refractivity contribution in [2.24, 2.45) is 7.05 Å². The lowest BCUT2D eigenvalue weighted by atomic mass is 10.2. The Labute approximate surface area is 131 Å². The van der Waals surface area contributed by atoms with Crippen molar-refractivity contribution in [1.82, 2.24) is 14.7 Å². The predicted octanol–water partition coefficient (Wildman–Crippen LogP) is 2.42. The van der Waals surface area contributed by atoms with Crippen LogP contribution in [0.4, 0.5) is 5.69 Å². The molecule has 5 nitrogen and oxygen atoms in total. The van der Waals surface area contributed by atoms with E-state index in [9.17, 15) is 4.79 Å². The number of nitrogens with one attached hydrogen (secondary N) is 1. The molecule has 1 amide bonds. The van der Waals surface area contributed by atoms with Crippen LogP contribution in [0.3, 0.4) is 0 Å². The Kier molecular flexibility index (Phi) is 4.98. The highest BCUT2D eigenvalue weighted by Gasteiger charge is 2.13. The fourth-order valence-corrected chi connectivity index (χ4v) is 2.54. The summed E-state index contributed by atoms with van der Waals surface area (Å²) >= 11 is 0. The Morgan fingerprint density at radius 3 is 2.64 bits per heavy atom. The molecule has 5 heteroatoms. The predicted molar refractivity (Wildman–Crippen MR) is 88.8 cm³/mol. The number of carbonyl (C=O) groups is 1. The quantitative estimate of drug-likeness (QED) is 0.922. The van der Waals surface area contributed by atoms with Gasteiger partial charge in [-0.05, 0) is 45.5 Å². The minimum Gasteiger partial charge on any atom is -0.325 e. The van der Waals surface area contributed by atoms with Gasteiger partial charge in [-0.2, -0.15) is 5.10 Å². The zero-order valence-electron chi connectivity index (χ0n) is 14.0. The van der Waals surface area contributed by atoms with Crippen molar-refractivity contribution >= 4 is 11.6 Å². The first-order valence-electron chi connectivity index (χ1n) is 7.41. The number of benzene rings is 1. The van der Waals surface area contributed by atoms with Crippen LogP contribution >= 0.6 is 0 Å². The maximum absolute atomic E-state index is 12.1. The van der Waals surface area contributed by atoms with E-state index in [1.165, 1.54) is 5.56 Å². The molecule has 2 rings (SSSR count). The topological polar surface area (TPSA) is 50.2 Å². The highest BCUT2D eigenvalue weighted by atomic mass is 16.2. The van der Waals surface area contributed by atoms with Crippen LogP contribution in [-0.4, -0.2) is 34.2 Å². The molecular formula is C17H24N4O. The van der Waals surface area contributed by atoms with Crippen LogP contribution in [0, 0.1) is 20.8 Å². The molecule has 2 aromatic rings. The van der Waals surface area contributed by atoms with E-state index in [0.29, 0.717) is 13.1 Å². The van der Waals surface area contributed by atoms with Crippen molar-refractivity contribution in [2.45, 2.75) is 27.3 Å². The van der Waals surface area contributed by atoms with Crippen molar-refractivity contribution in [3.05, 3.63) is 46.8 Å². The first kappa shape index (κ1) is 16.2. The molecular weight excluding hydrogens is 276 g/mol. The zero-order valence-corrected chi connectivity index (χ0v) is 14.0. The molecule has 0 aliphatic heterocycles. The van der Waals surface area contributed by atoms with Crippen molar-refractivity contribution in [1.29, 1.82) is 0 Å². The van der Waals surface area contributed by atoms with Crippen molar-refractivity contribution in [2.75, 3.05) is 18.9 Å². The average Bonchev–Trinajstić information content (AvgIpc) is 2.65. The molecule has 0 saturated heterocycles. The summed E-state index contributed by atoms with van der Waals surface area (Å²) in [4.78, 5) is 14.1. The third kappa shape index (κ3) is 3.95. The number of hydrogen-bond acceptors (Lipinski definition) is 3. The largest absolute Gasteiger partial charge is 0.325 e. The Hall–Kier alpha value is -2.14. The minimum absolute atomic E-state index is 0.00713. The Balaban J connectivity index is 1.94. The maximum atomic E-state index is 12.1. The summed E-state index contributed by atoms with van der Waals surface area (Å²) in [6.45, 7) is 7.13. The molecule has 22 heavy (non-hydrogen) atoms. The zero-order chi connectivity index (χ0) is 16.3. The van der Waals surface area contributed by atoms with Crippen LogP contribution in [-0.2, 0) is 18.4 Å². The number of aromatic nitrogens is 2. The molecule has 1 aromatic heterocycles. The molecule has 0 unspecified atom stereocenters. The summed E-state index contributed by atoms with van der Waals surface area (Å²) in [5, 5.41) is 7.34. The van der Waals surface area contributed by atoms with Crippen LogP contribution in [0.5, 0.6) is 0 Å². The molecule has 0 radical (unpaired) electrons. The summed E-state index contributed by atoms with van der Waals surface area (Å²) < 4.78 is 1.88. The smallest absolute Gasteiger partial charge is 0.238 e. The van der Waals surface area contributed by atoms with Crippen LogP contribution in [0.25, 0.3) is 0 Å². The monoisotopic (exact) mass is 300 g/mol. The van der Waals surface area contributed by atoms with E-state index in [1.54, 1.807) is 0 Å². The van der Waals surface area contributed by atoms with Gasteiger partial charge in [-0.3, -0.25) is 14.4 Å². The van der Waals surface area contributed by atoms with Gasteiger partial charge >= 0.3 is 0 Å². The molecule has 0 spiro atoms. The second-order valence-electron chi connectivity index (χ2n) is 5.86. The second-order valence-corrected chi connectivity index (χ2v) is 5.86. The van der Waals surface area contributed by atoms with E-state index >= 15 is 0 Å². The lowest BCUT2D eigenvalue weighted by Crippen LogP contribution is -2.30. The van der Waals surface area contributed by atoms with Crippen molar-refractivity contribution in [3.63, 3.8) is 0 Å². The van der Waals surface area contributed by atoms with E-state index < -0.39 is 0 Å². The fourth-order valence-electron chi connectivity index (χ4n) is 2.54. The molecule has 0 bridgehead atoms. The molecule has 0 atom stereocenters. The van der Waals surface area contributed by atoms with Crippen LogP contribution in [0.2, 0.25) is 0 Å². The average molecular weight is 300 g/mol. The lowest BCUT2D eigenvalue weighted by molar-refractivity contribution is -0.117. The SMILES string of the molecule is Cc1cccc(NC(=O)CN(C)Cc2c(C)nn(C)c2C)c1. The van der Waals surface area contributed by atoms with Gasteiger partial charge in [-0.1, -0.05) is 12.1 Å². The summed E-state index contributed by atoms with van der Waals surface area (Å²) in [5.41, 5.74) is 5.32. The number of likely N-dealkylation sites (N-methyl/N-ethyl adjacent to an activating group) is 1.